The van der Waals surface area contributed by atoms with Gasteiger partial charge < -0.3 is 10.4 Å². The van der Waals surface area contributed by atoms with Crippen molar-refractivity contribution in [3.05, 3.63) is 0 Å². The van der Waals surface area contributed by atoms with Crippen LogP contribution in [0, 0.1) is 5.92 Å². The van der Waals surface area contributed by atoms with Gasteiger partial charge in [-0.2, -0.15) is 0 Å². The van der Waals surface area contributed by atoms with Gasteiger partial charge in [-0.1, -0.05) is 13.8 Å². The maximum atomic E-state index is 10.5. The van der Waals surface area contributed by atoms with Gasteiger partial charge in [0.05, 0.1) is 5.60 Å². The van der Waals surface area contributed by atoms with Crippen LogP contribution in [0.5, 0.6) is 0 Å². The average Bonchev–Trinajstić information content (AvgIpc) is 2.39. The van der Waals surface area contributed by atoms with Gasteiger partial charge in [-0.15, -0.1) is 0 Å². The van der Waals surface area contributed by atoms with E-state index < -0.39 is 5.60 Å². The number of nitrogens with one attached hydrogen (secondary N) is 1. The lowest BCUT2D eigenvalue weighted by atomic mass is 9.93. The molecule has 3 nitrogen and oxygen atoms in total. The third-order valence-corrected chi connectivity index (χ3v) is 4.50. The van der Waals surface area contributed by atoms with Crippen molar-refractivity contribution in [1.82, 2.24) is 10.2 Å². The molecule has 0 aromatic heterocycles. The zero-order chi connectivity index (χ0) is 13.6. The average molecular weight is 256 g/mol. The second kappa shape index (κ2) is 7.46. The summed E-state index contributed by atoms with van der Waals surface area (Å²) in [4.78, 5) is 2.48. The number of hydrogen-bond acceptors (Lipinski definition) is 3. The summed E-state index contributed by atoms with van der Waals surface area (Å²) in [5.41, 5.74) is -0.503. The Morgan fingerprint density at radius 3 is 2.22 bits per heavy atom. The molecule has 1 fully saturated rings. The van der Waals surface area contributed by atoms with E-state index >= 15 is 0 Å². The van der Waals surface area contributed by atoms with E-state index in [0.717, 1.165) is 44.9 Å². The predicted octanol–water partition coefficient (Wildman–Crippen LogP) is 2.25. The van der Waals surface area contributed by atoms with Gasteiger partial charge in [0, 0.05) is 19.1 Å². The van der Waals surface area contributed by atoms with Crippen molar-refractivity contribution in [3.8, 4) is 0 Å². The van der Waals surface area contributed by atoms with Crippen LogP contribution < -0.4 is 5.32 Å². The van der Waals surface area contributed by atoms with Crippen LogP contribution in [-0.2, 0) is 0 Å². The van der Waals surface area contributed by atoms with Crippen molar-refractivity contribution in [3.63, 3.8) is 0 Å². The summed E-state index contributed by atoms with van der Waals surface area (Å²) in [5.74, 6) is 0.798. The quantitative estimate of drug-likeness (QED) is 0.733. The second-order valence-electron chi connectivity index (χ2n) is 6.15. The van der Waals surface area contributed by atoms with Crippen molar-refractivity contribution in [1.29, 1.82) is 0 Å². The van der Waals surface area contributed by atoms with Crippen LogP contribution in [0.25, 0.3) is 0 Å². The topological polar surface area (TPSA) is 35.5 Å². The smallest absolute Gasteiger partial charge is 0.0769 e. The number of aliphatic hydroxyl groups is 1. The van der Waals surface area contributed by atoms with Crippen molar-refractivity contribution >= 4 is 0 Å². The molecule has 1 heterocycles. The summed E-state index contributed by atoms with van der Waals surface area (Å²) in [6, 6.07) is 0.518. The molecule has 1 aliphatic heterocycles. The zero-order valence-corrected chi connectivity index (χ0v) is 12.7. The van der Waals surface area contributed by atoms with Gasteiger partial charge in [-0.3, -0.25) is 4.90 Å². The summed E-state index contributed by atoms with van der Waals surface area (Å²) in [7, 11) is 0. The minimum Gasteiger partial charge on any atom is -0.389 e. The first kappa shape index (κ1) is 15.9. The van der Waals surface area contributed by atoms with Crippen LogP contribution in [0.15, 0.2) is 0 Å². The van der Waals surface area contributed by atoms with E-state index in [4.69, 9.17) is 0 Å². The fraction of sp³-hybridized carbons (Fsp3) is 1.00. The van der Waals surface area contributed by atoms with E-state index in [1.54, 1.807) is 0 Å². The Hall–Kier alpha value is -0.120. The van der Waals surface area contributed by atoms with Crippen molar-refractivity contribution < 1.29 is 5.11 Å². The molecule has 108 valence electrons. The Bertz CT molecular complexity index is 221. The number of rotatable bonds is 7. The molecule has 1 aliphatic rings. The van der Waals surface area contributed by atoms with Crippen LogP contribution in [0.4, 0.5) is 0 Å². The molecule has 0 aliphatic carbocycles. The molecular weight excluding hydrogens is 224 g/mol. The Morgan fingerprint density at radius 1 is 1.22 bits per heavy atom. The van der Waals surface area contributed by atoms with Gasteiger partial charge in [0.1, 0.15) is 0 Å². The molecular formula is C15H32N2O. The standard InChI is InChI=1S/C15H32N2O/c1-5-15(18,6-2)12-17(13(3)4)11-14-7-9-16-10-8-14/h13-14,16,18H,5-12H2,1-4H3. The van der Waals surface area contributed by atoms with Gasteiger partial charge in [0.15, 0.2) is 0 Å². The molecule has 0 saturated carbocycles. The lowest BCUT2D eigenvalue weighted by Crippen LogP contribution is -2.48. The third-order valence-electron chi connectivity index (χ3n) is 4.50. The molecule has 1 saturated heterocycles. The molecule has 0 aromatic rings. The van der Waals surface area contributed by atoms with Crippen LogP contribution in [0.2, 0.25) is 0 Å². The summed E-state index contributed by atoms with van der Waals surface area (Å²) in [6.45, 7) is 12.9. The molecule has 0 atom stereocenters. The third kappa shape index (κ3) is 4.87. The van der Waals surface area contributed by atoms with Crippen LogP contribution in [0.3, 0.4) is 0 Å². The Kier molecular flexibility index (Phi) is 6.61. The zero-order valence-electron chi connectivity index (χ0n) is 12.7. The highest BCUT2D eigenvalue weighted by Crippen LogP contribution is 2.21. The fourth-order valence-corrected chi connectivity index (χ4v) is 2.71. The maximum absolute atomic E-state index is 10.5. The molecule has 0 amide bonds. The highest BCUT2D eigenvalue weighted by atomic mass is 16.3. The van der Waals surface area contributed by atoms with E-state index in [9.17, 15) is 5.11 Å². The van der Waals surface area contributed by atoms with E-state index in [1.807, 2.05) is 0 Å². The van der Waals surface area contributed by atoms with Gasteiger partial charge in [0.25, 0.3) is 0 Å². The number of hydrogen-bond donors (Lipinski definition) is 2. The van der Waals surface area contributed by atoms with Gasteiger partial charge in [-0.05, 0) is 58.5 Å². The molecule has 0 unspecified atom stereocenters. The number of nitrogens with zero attached hydrogens (tertiary/aromatic N) is 1. The second-order valence-corrected chi connectivity index (χ2v) is 6.15. The molecule has 0 radical (unpaired) electrons. The summed E-state index contributed by atoms with van der Waals surface area (Å²) in [6.07, 6.45) is 4.25. The van der Waals surface area contributed by atoms with E-state index in [-0.39, 0.29) is 0 Å². The highest BCUT2D eigenvalue weighted by Gasteiger charge is 2.28. The molecule has 2 N–H and O–H groups in total. The Balaban J connectivity index is 2.53. The molecule has 1 rings (SSSR count). The van der Waals surface area contributed by atoms with Crippen molar-refractivity contribution in [2.75, 3.05) is 26.2 Å². The van der Waals surface area contributed by atoms with Crippen LogP contribution in [-0.4, -0.2) is 47.8 Å². The molecule has 18 heavy (non-hydrogen) atoms. The molecule has 0 aromatic carbocycles. The van der Waals surface area contributed by atoms with Gasteiger partial charge >= 0.3 is 0 Å². The number of piperidine rings is 1. The predicted molar refractivity (Wildman–Crippen MR) is 77.8 cm³/mol. The lowest BCUT2D eigenvalue weighted by molar-refractivity contribution is -0.0168. The molecule has 3 heteroatoms. The van der Waals surface area contributed by atoms with E-state index in [2.05, 4.69) is 37.9 Å². The molecule has 0 bridgehead atoms. The minimum absolute atomic E-state index is 0.503. The molecule has 0 spiro atoms. The van der Waals surface area contributed by atoms with Gasteiger partial charge in [-0.25, -0.2) is 0 Å². The monoisotopic (exact) mass is 256 g/mol. The summed E-state index contributed by atoms with van der Waals surface area (Å²) in [5, 5.41) is 13.9. The van der Waals surface area contributed by atoms with Gasteiger partial charge in [0.2, 0.25) is 0 Å². The largest absolute Gasteiger partial charge is 0.389 e. The first-order valence-electron chi connectivity index (χ1n) is 7.68. The fourth-order valence-electron chi connectivity index (χ4n) is 2.71. The maximum Gasteiger partial charge on any atom is 0.0769 e. The summed E-state index contributed by atoms with van der Waals surface area (Å²) >= 11 is 0. The van der Waals surface area contributed by atoms with Crippen LogP contribution in [0.1, 0.15) is 53.4 Å². The summed E-state index contributed by atoms with van der Waals surface area (Å²) < 4.78 is 0. The first-order chi connectivity index (χ1) is 8.50. The normalized spacial score (nSPS) is 18.8. The Morgan fingerprint density at radius 2 is 1.78 bits per heavy atom. The SMILES string of the molecule is CCC(O)(CC)CN(CC1CCNCC1)C(C)C. The van der Waals surface area contributed by atoms with Crippen molar-refractivity contribution in [2.45, 2.75) is 65.0 Å². The van der Waals surface area contributed by atoms with Crippen molar-refractivity contribution in [2.24, 2.45) is 5.92 Å². The lowest BCUT2D eigenvalue weighted by Gasteiger charge is -2.38. The van der Waals surface area contributed by atoms with E-state index in [1.165, 1.54) is 12.8 Å². The first-order valence-corrected chi connectivity index (χ1v) is 7.68. The Labute approximate surface area is 113 Å². The van der Waals surface area contributed by atoms with Crippen LogP contribution >= 0.6 is 0 Å². The van der Waals surface area contributed by atoms with E-state index in [0.29, 0.717) is 6.04 Å². The highest BCUT2D eigenvalue weighted by molar-refractivity contribution is 4.83. The minimum atomic E-state index is -0.503.